The smallest absolute Gasteiger partial charge is 0.337 e. The molecule has 31 heavy (non-hydrogen) atoms. The standard InChI is InChI=1S/C22H18F2N2O5/c1-12(2)30-17-5-14(21(27)26-20-4-3-13(11-25-20)22(28)29)6-18(10-17)31-19-8-15(23)7-16(24)9-19/h3-12H,1-2H3,(H,28,29)(H,25,26,27). The molecule has 0 saturated carbocycles. The number of pyridine rings is 1. The van der Waals surface area contributed by atoms with Gasteiger partial charge in [0.15, 0.2) is 0 Å². The maximum Gasteiger partial charge on any atom is 0.337 e. The lowest BCUT2D eigenvalue weighted by molar-refractivity contribution is 0.0696. The van der Waals surface area contributed by atoms with E-state index in [1.165, 1.54) is 30.3 Å². The second-order valence-electron chi connectivity index (χ2n) is 6.76. The van der Waals surface area contributed by atoms with Crippen LogP contribution in [-0.4, -0.2) is 28.1 Å². The molecule has 160 valence electrons. The minimum absolute atomic E-state index is 0.0247. The molecule has 0 aliphatic rings. The van der Waals surface area contributed by atoms with Crippen LogP contribution in [0.2, 0.25) is 0 Å². The number of anilines is 1. The minimum Gasteiger partial charge on any atom is -0.491 e. The average Bonchev–Trinajstić information content (AvgIpc) is 2.66. The van der Waals surface area contributed by atoms with Crippen molar-refractivity contribution < 1.29 is 33.0 Å². The first-order chi connectivity index (χ1) is 14.7. The first kappa shape index (κ1) is 21.7. The van der Waals surface area contributed by atoms with Crippen molar-refractivity contribution >= 4 is 17.7 Å². The SMILES string of the molecule is CC(C)Oc1cc(Oc2cc(F)cc(F)c2)cc(C(=O)Nc2ccc(C(=O)O)cn2)c1. The van der Waals surface area contributed by atoms with Crippen LogP contribution in [0.15, 0.2) is 54.7 Å². The number of aromatic carboxylic acids is 1. The molecule has 0 radical (unpaired) electrons. The Bertz CT molecular complexity index is 1100. The van der Waals surface area contributed by atoms with Gasteiger partial charge in [0.1, 0.15) is 34.7 Å². The topological polar surface area (TPSA) is 97.8 Å². The number of carbonyl (C=O) groups excluding carboxylic acids is 1. The van der Waals surface area contributed by atoms with Crippen LogP contribution in [-0.2, 0) is 0 Å². The summed E-state index contributed by atoms with van der Waals surface area (Å²) in [5.41, 5.74) is 0.109. The molecule has 1 heterocycles. The van der Waals surface area contributed by atoms with E-state index in [2.05, 4.69) is 10.3 Å². The van der Waals surface area contributed by atoms with E-state index in [0.29, 0.717) is 11.8 Å². The molecule has 3 aromatic rings. The Balaban J connectivity index is 1.88. The van der Waals surface area contributed by atoms with Gasteiger partial charge in [-0.1, -0.05) is 0 Å². The number of hydrogen-bond donors (Lipinski definition) is 2. The molecule has 0 bridgehead atoms. The number of carboxylic acid groups (broad SMARTS) is 1. The van der Waals surface area contributed by atoms with Gasteiger partial charge in [-0.15, -0.1) is 0 Å². The number of carbonyl (C=O) groups is 2. The van der Waals surface area contributed by atoms with Crippen LogP contribution >= 0.6 is 0 Å². The molecule has 0 fully saturated rings. The van der Waals surface area contributed by atoms with Gasteiger partial charge in [0.25, 0.3) is 5.91 Å². The molecule has 2 N–H and O–H groups in total. The molecule has 0 aliphatic carbocycles. The highest BCUT2D eigenvalue weighted by atomic mass is 19.1. The van der Waals surface area contributed by atoms with Crippen molar-refractivity contribution in [2.24, 2.45) is 0 Å². The molecule has 7 nitrogen and oxygen atoms in total. The maximum absolute atomic E-state index is 13.5. The number of ether oxygens (including phenoxy) is 2. The maximum atomic E-state index is 13.5. The summed E-state index contributed by atoms with van der Waals surface area (Å²) in [5.74, 6) is -2.83. The number of benzene rings is 2. The zero-order valence-electron chi connectivity index (χ0n) is 16.6. The van der Waals surface area contributed by atoms with E-state index in [1.54, 1.807) is 13.8 Å². The van der Waals surface area contributed by atoms with Crippen LogP contribution in [0.25, 0.3) is 0 Å². The molecule has 1 aromatic heterocycles. The first-order valence-corrected chi connectivity index (χ1v) is 9.16. The lowest BCUT2D eigenvalue weighted by atomic mass is 10.1. The van der Waals surface area contributed by atoms with E-state index in [-0.39, 0.29) is 34.5 Å². The number of hydrogen-bond acceptors (Lipinski definition) is 5. The summed E-state index contributed by atoms with van der Waals surface area (Å²) < 4.78 is 38.1. The molecule has 0 atom stereocenters. The summed E-state index contributed by atoms with van der Waals surface area (Å²) >= 11 is 0. The zero-order chi connectivity index (χ0) is 22.5. The number of nitrogens with zero attached hydrogens (tertiary/aromatic N) is 1. The Morgan fingerprint density at radius 2 is 1.58 bits per heavy atom. The number of halogens is 2. The van der Waals surface area contributed by atoms with E-state index in [4.69, 9.17) is 14.6 Å². The Morgan fingerprint density at radius 1 is 0.935 bits per heavy atom. The van der Waals surface area contributed by atoms with Crippen molar-refractivity contribution in [2.45, 2.75) is 20.0 Å². The third kappa shape index (κ3) is 5.99. The third-order valence-corrected chi connectivity index (χ3v) is 3.84. The molecule has 0 saturated heterocycles. The molecule has 0 unspecified atom stereocenters. The Labute approximate surface area is 176 Å². The molecule has 2 aromatic carbocycles. The highest BCUT2D eigenvalue weighted by molar-refractivity contribution is 6.04. The van der Waals surface area contributed by atoms with Crippen molar-refractivity contribution in [3.63, 3.8) is 0 Å². The number of amides is 1. The van der Waals surface area contributed by atoms with E-state index in [0.717, 1.165) is 18.3 Å². The van der Waals surface area contributed by atoms with Gasteiger partial charge < -0.3 is 19.9 Å². The molecule has 0 spiro atoms. The van der Waals surface area contributed by atoms with Gasteiger partial charge >= 0.3 is 5.97 Å². The highest BCUT2D eigenvalue weighted by Crippen LogP contribution is 2.29. The Hall–Kier alpha value is -4.01. The van der Waals surface area contributed by atoms with E-state index in [1.807, 2.05) is 0 Å². The number of nitrogens with one attached hydrogen (secondary N) is 1. The van der Waals surface area contributed by atoms with E-state index < -0.39 is 23.5 Å². The van der Waals surface area contributed by atoms with E-state index >= 15 is 0 Å². The lowest BCUT2D eigenvalue weighted by Crippen LogP contribution is -2.14. The van der Waals surface area contributed by atoms with Crippen molar-refractivity contribution in [1.82, 2.24) is 4.98 Å². The van der Waals surface area contributed by atoms with Crippen molar-refractivity contribution in [3.8, 4) is 17.2 Å². The summed E-state index contributed by atoms with van der Waals surface area (Å²) in [6, 6.07) is 9.71. The quantitative estimate of drug-likeness (QED) is 0.556. The monoisotopic (exact) mass is 428 g/mol. The zero-order valence-corrected chi connectivity index (χ0v) is 16.6. The molecular weight excluding hydrogens is 410 g/mol. The van der Waals surface area contributed by atoms with Gasteiger partial charge in [-0.3, -0.25) is 4.79 Å². The molecule has 3 rings (SSSR count). The number of aromatic nitrogens is 1. The summed E-state index contributed by atoms with van der Waals surface area (Å²) in [4.78, 5) is 27.5. The average molecular weight is 428 g/mol. The minimum atomic E-state index is -1.14. The molecule has 1 amide bonds. The van der Waals surface area contributed by atoms with Gasteiger partial charge in [-0.2, -0.15) is 0 Å². The predicted molar refractivity (Wildman–Crippen MR) is 108 cm³/mol. The molecule has 0 aliphatic heterocycles. The lowest BCUT2D eigenvalue weighted by Gasteiger charge is -2.14. The fourth-order valence-corrected chi connectivity index (χ4v) is 2.61. The number of rotatable bonds is 7. The second-order valence-corrected chi connectivity index (χ2v) is 6.76. The van der Waals surface area contributed by atoms with E-state index in [9.17, 15) is 18.4 Å². The van der Waals surface area contributed by atoms with Gasteiger partial charge in [0, 0.05) is 36.0 Å². The van der Waals surface area contributed by atoms with Crippen LogP contribution in [0, 0.1) is 11.6 Å². The predicted octanol–water partition coefficient (Wildman–Crippen LogP) is 4.89. The van der Waals surface area contributed by atoms with Gasteiger partial charge in [-0.25, -0.2) is 18.6 Å². The summed E-state index contributed by atoms with van der Waals surface area (Å²) in [6.07, 6.45) is 0.909. The van der Waals surface area contributed by atoms with Gasteiger partial charge in [0.05, 0.1) is 11.7 Å². The third-order valence-electron chi connectivity index (χ3n) is 3.84. The first-order valence-electron chi connectivity index (χ1n) is 9.16. The molecular formula is C22H18F2N2O5. The van der Waals surface area contributed by atoms with Gasteiger partial charge in [-0.05, 0) is 38.1 Å². The van der Waals surface area contributed by atoms with Crippen LogP contribution in [0.4, 0.5) is 14.6 Å². The van der Waals surface area contributed by atoms with Crippen molar-refractivity contribution in [1.29, 1.82) is 0 Å². The van der Waals surface area contributed by atoms with Crippen molar-refractivity contribution in [3.05, 3.63) is 77.5 Å². The summed E-state index contributed by atoms with van der Waals surface area (Å²) in [5, 5.41) is 11.5. The Kier molecular flexibility index (Phi) is 6.44. The van der Waals surface area contributed by atoms with Crippen LogP contribution in [0.3, 0.4) is 0 Å². The fourth-order valence-electron chi connectivity index (χ4n) is 2.61. The fraction of sp³-hybridized carbons (Fsp3) is 0.136. The normalized spacial score (nSPS) is 10.6. The van der Waals surface area contributed by atoms with Crippen molar-refractivity contribution in [2.75, 3.05) is 5.32 Å². The highest BCUT2D eigenvalue weighted by Gasteiger charge is 2.14. The summed E-state index contributed by atoms with van der Waals surface area (Å²) in [7, 11) is 0. The largest absolute Gasteiger partial charge is 0.491 e. The second kappa shape index (κ2) is 9.21. The van der Waals surface area contributed by atoms with Crippen LogP contribution in [0.1, 0.15) is 34.6 Å². The van der Waals surface area contributed by atoms with Crippen LogP contribution in [0.5, 0.6) is 17.2 Å². The Morgan fingerprint density at radius 3 is 2.16 bits per heavy atom. The summed E-state index contributed by atoms with van der Waals surface area (Å²) in [6.45, 7) is 3.59. The van der Waals surface area contributed by atoms with Crippen LogP contribution < -0.4 is 14.8 Å². The van der Waals surface area contributed by atoms with Gasteiger partial charge in [0.2, 0.25) is 0 Å². The number of carboxylic acids is 1. The molecule has 9 heteroatoms.